The van der Waals surface area contributed by atoms with Gasteiger partial charge in [0.25, 0.3) is 0 Å². The molecule has 5 nitrogen and oxygen atoms in total. The van der Waals surface area contributed by atoms with Gasteiger partial charge < -0.3 is 11.1 Å². The van der Waals surface area contributed by atoms with E-state index in [4.69, 9.17) is 5.73 Å². The minimum Gasteiger partial charge on any atom is -0.384 e. The summed E-state index contributed by atoms with van der Waals surface area (Å²) < 4.78 is 0. The highest BCUT2D eigenvalue weighted by Crippen LogP contribution is 2.28. The fraction of sp³-hybridized carbons (Fsp3) is 0.444. The molecule has 1 atom stereocenters. The van der Waals surface area contributed by atoms with E-state index in [0.29, 0.717) is 17.9 Å². The predicted molar refractivity (Wildman–Crippen MR) is 92.3 cm³/mol. The molecule has 0 radical (unpaired) electrons. The Morgan fingerprint density at radius 3 is 2.65 bits per heavy atom. The minimum absolute atomic E-state index is 0.432. The van der Waals surface area contributed by atoms with Gasteiger partial charge in [0, 0.05) is 24.7 Å². The minimum atomic E-state index is 0.432. The molecule has 1 aliphatic heterocycles. The van der Waals surface area contributed by atoms with Crippen LogP contribution in [-0.4, -0.2) is 40.0 Å². The molecule has 2 aliphatic rings. The maximum absolute atomic E-state index is 5.74. The van der Waals surface area contributed by atoms with Crippen LogP contribution in [0.15, 0.2) is 36.7 Å². The first-order chi connectivity index (χ1) is 11.3. The van der Waals surface area contributed by atoms with Crippen LogP contribution in [0.4, 0.5) is 11.6 Å². The summed E-state index contributed by atoms with van der Waals surface area (Å²) in [4.78, 5) is 10.9. The van der Waals surface area contributed by atoms with Crippen LogP contribution in [0, 0.1) is 0 Å². The highest BCUT2D eigenvalue weighted by molar-refractivity contribution is 5.44. The van der Waals surface area contributed by atoms with Crippen LogP contribution in [0.2, 0.25) is 0 Å². The van der Waals surface area contributed by atoms with Gasteiger partial charge in [0.05, 0.1) is 0 Å². The van der Waals surface area contributed by atoms with Crippen molar-refractivity contribution in [2.24, 2.45) is 0 Å². The Morgan fingerprint density at radius 1 is 1.13 bits per heavy atom. The topological polar surface area (TPSA) is 67.1 Å². The molecule has 2 heterocycles. The molecule has 0 spiro atoms. The molecule has 3 N–H and O–H groups in total. The number of nitrogens with zero attached hydrogens (tertiary/aromatic N) is 3. The highest BCUT2D eigenvalue weighted by Gasteiger charge is 2.30. The molecule has 1 saturated heterocycles. The van der Waals surface area contributed by atoms with Crippen molar-refractivity contribution in [3.05, 3.63) is 47.8 Å². The first kappa shape index (κ1) is 14.5. The molecular weight excluding hydrogens is 286 g/mol. The second kappa shape index (κ2) is 6.16. The number of rotatable bonds is 3. The van der Waals surface area contributed by atoms with E-state index in [-0.39, 0.29) is 0 Å². The molecular formula is C18H23N5. The van der Waals surface area contributed by atoms with Gasteiger partial charge in [-0.15, -0.1) is 0 Å². The average molecular weight is 309 g/mol. The summed E-state index contributed by atoms with van der Waals surface area (Å²) in [7, 11) is 0. The molecule has 1 aliphatic carbocycles. The number of anilines is 2. The lowest BCUT2D eigenvalue weighted by atomic mass is 10.0. The number of hydrogen-bond acceptors (Lipinski definition) is 5. The van der Waals surface area contributed by atoms with E-state index in [0.717, 1.165) is 12.4 Å². The fourth-order valence-electron chi connectivity index (χ4n) is 3.91. The summed E-state index contributed by atoms with van der Waals surface area (Å²) in [6.07, 6.45) is 6.30. The number of fused-ring (bicyclic) bond motifs is 1. The van der Waals surface area contributed by atoms with Crippen LogP contribution in [0.1, 0.15) is 24.0 Å². The SMILES string of the molecule is Nc1cc(N[C@@H]2CCCN(C3Cc4ccccc4C3)C2)ncn1. The Kier molecular flexibility index (Phi) is 3.87. The van der Waals surface area contributed by atoms with E-state index in [1.807, 2.05) is 6.07 Å². The van der Waals surface area contributed by atoms with Crippen molar-refractivity contribution in [2.75, 3.05) is 24.1 Å². The van der Waals surface area contributed by atoms with Crippen LogP contribution in [0.5, 0.6) is 0 Å². The van der Waals surface area contributed by atoms with Crippen molar-refractivity contribution in [1.82, 2.24) is 14.9 Å². The van der Waals surface area contributed by atoms with Crippen molar-refractivity contribution in [2.45, 2.75) is 37.8 Å². The number of hydrogen-bond donors (Lipinski definition) is 2. The zero-order valence-corrected chi connectivity index (χ0v) is 13.3. The number of nitrogens with one attached hydrogen (secondary N) is 1. The number of aromatic nitrogens is 2. The third-order valence-corrected chi connectivity index (χ3v) is 5.04. The molecule has 1 aromatic carbocycles. The number of benzene rings is 1. The zero-order chi connectivity index (χ0) is 15.6. The molecule has 4 rings (SSSR count). The van der Waals surface area contributed by atoms with E-state index < -0.39 is 0 Å². The summed E-state index contributed by atoms with van der Waals surface area (Å²) in [5.41, 5.74) is 8.79. The first-order valence-corrected chi connectivity index (χ1v) is 8.43. The Morgan fingerprint density at radius 2 is 1.91 bits per heavy atom. The van der Waals surface area contributed by atoms with Gasteiger partial charge in [-0.05, 0) is 43.4 Å². The molecule has 0 amide bonds. The van der Waals surface area contributed by atoms with Crippen LogP contribution in [-0.2, 0) is 12.8 Å². The molecule has 1 aromatic heterocycles. The van der Waals surface area contributed by atoms with Gasteiger partial charge in [-0.3, -0.25) is 4.90 Å². The highest BCUT2D eigenvalue weighted by atomic mass is 15.2. The monoisotopic (exact) mass is 309 g/mol. The molecule has 23 heavy (non-hydrogen) atoms. The van der Waals surface area contributed by atoms with Gasteiger partial charge in [0.2, 0.25) is 0 Å². The maximum Gasteiger partial charge on any atom is 0.131 e. The standard InChI is InChI=1S/C18H23N5/c19-17-10-18(21-12-20-17)22-15-6-3-7-23(11-15)16-8-13-4-1-2-5-14(13)9-16/h1-2,4-5,10,12,15-16H,3,6-9,11H2,(H3,19,20,21,22)/t15-/m1/s1. The molecule has 120 valence electrons. The van der Waals surface area contributed by atoms with Crippen LogP contribution in [0.3, 0.4) is 0 Å². The Labute approximate surface area is 136 Å². The lowest BCUT2D eigenvalue weighted by molar-refractivity contribution is 0.158. The van der Waals surface area contributed by atoms with E-state index in [2.05, 4.69) is 44.5 Å². The summed E-state index contributed by atoms with van der Waals surface area (Å²) in [6, 6.07) is 11.7. The molecule has 1 fully saturated rings. The number of nitrogen functional groups attached to an aromatic ring is 1. The lowest BCUT2D eigenvalue weighted by Gasteiger charge is -2.37. The van der Waals surface area contributed by atoms with E-state index in [9.17, 15) is 0 Å². The van der Waals surface area contributed by atoms with Gasteiger partial charge in [-0.1, -0.05) is 24.3 Å². The quantitative estimate of drug-likeness (QED) is 0.909. The third-order valence-electron chi connectivity index (χ3n) is 5.04. The lowest BCUT2D eigenvalue weighted by Crippen LogP contribution is -2.47. The summed E-state index contributed by atoms with van der Waals surface area (Å²) >= 11 is 0. The second-order valence-electron chi connectivity index (χ2n) is 6.64. The van der Waals surface area contributed by atoms with Gasteiger partial charge in [-0.2, -0.15) is 0 Å². The number of likely N-dealkylation sites (tertiary alicyclic amines) is 1. The number of piperidine rings is 1. The van der Waals surface area contributed by atoms with E-state index >= 15 is 0 Å². The van der Waals surface area contributed by atoms with Crippen molar-refractivity contribution in [1.29, 1.82) is 0 Å². The third kappa shape index (κ3) is 3.15. The Hall–Kier alpha value is -2.14. The molecule has 0 saturated carbocycles. The molecule has 0 unspecified atom stereocenters. The number of nitrogens with two attached hydrogens (primary N) is 1. The van der Waals surface area contributed by atoms with Crippen LogP contribution >= 0.6 is 0 Å². The zero-order valence-electron chi connectivity index (χ0n) is 13.3. The predicted octanol–water partition coefficient (Wildman–Crippen LogP) is 2.10. The summed E-state index contributed by atoms with van der Waals surface area (Å²) in [5, 5.41) is 3.52. The largest absolute Gasteiger partial charge is 0.384 e. The van der Waals surface area contributed by atoms with E-state index in [1.54, 1.807) is 0 Å². The molecule has 5 heteroatoms. The second-order valence-corrected chi connectivity index (χ2v) is 6.64. The van der Waals surface area contributed by atoms with Crippen molar-refractivity contribution in [3.63, 3.8) is 0 Å². The van der Waals surface area contributed by atoms with Gasteiger partial charge in [-0.25, -0.2) is 9.97 Å². The Balaban J connectivity index is 1.40. The first-order valence-electron chi connectivity index (χ1n) is 8.43. The normalized spacial score (nSPS) is 22.0. The van der Waals surface area contributed by atoms with Gasteiger partial charge in [0.15, 0.2) is 0 Å². The van der Waals surface area contributed by atoms with Crippen molar-refractivity contribution < 1.29 is 0 Å². The summed E-state index contributed by atoms with van der Waals surface area (Å²) in [6.45, 7) is 2.27. The van der Waals surface area contributed by atoms with Crippen molar-refractivity contribution >= 4 is 11.6 Å². The van der Waals surface area contributed by atoms with Crippen LogP contribution < -0.4 is 11.1 Å². The Bertz CT molecular complexity index is 662. The molecule has 2 aromatic rings. The maximum atomic E-state index is 5.74. The van der Waals surface area contributed by atoms with Gasteiger partial charge >= 0.3 is 0 Å². The smallest absolute Gasteiger partial charge is 0.131 e. The molecule has 0 bridgehead atoms. The van der Waals surface area contributed by atoms with E-state index in [1.165, 1.54) is 49.7 Å². The summed E-state index contributed by atoms with van der Waals surface area (Å²) in [5.74, 6) is 1.35. The fourth-order valence-corrected chi connectivity index (χ4v) is 3.91. The van der Waals surface area contributed by atoms with Crippen molar-refractivity contribution in [3.8, 4) is 0 Å². The average Bonchev–Trinajstić information content (AvgIpc) is 2.99. The van der Waals surface area contributed by atoms with Gasteiger partial charge in [0.1, 0.15) is 18.0 Å². The van der Waals surface area contributed by atoms with Crippen LogP contribution in [0.25, 0.3) is 0 Å².